The molecule has 0 spiro atoms. The normalized spacial score (nSPS) is 14.6. The number of nitrogens with one attached hydrogen (secondary N) is 1. The van der Waals surface area contributed by atoms with E-state index in [2.05, 4.69) is 65.4 Å². The summed E-state index contributed by atoms with van der Waals surface area (Å²) in [4.78, 5) is 30.3. The lowest BCUT2D eigenvalue weighted by Crippen LogP contribution is -2.48. The zero-order valence-corrected chi connectivity index (χ0v) is 23.9. The van der Waals surface area contributed by atoms with Crippen molar-refractivity contribution in [3.05, 3.63) is 83.2 Å². The number of hydrogen-bond donors (Lipinski definition) is 2. The van der Waals surface area contributed by atoms with Gasteiger partial charge in [-0.05, 0) is 92.2 Å². The highest BCUT2D eigenvalue weighted by Gasteiger charge is 2.23. The lowest BCUT2D eigenvalue weighted by atomic mass is 10.00. The van der Waals surface area contributed by atoms with Crippen LogP contribution < -0.4 is 15.8 Å². The zero-order valence-electron chi connectivity index (χ0n) is 23.9. The fourth-order valence-corrected chi connectivity index (χ4v) is 5.25. The van der Waals surface area contributed by atoms with Gasteiger partial charge in [0.1, 0.15) is 5.60 Å². The zero-order chi connectivity index (χ0) is 28.6. The molecule has 0 saturated carbocycles. The molecule has 1 fully saturated rings. The van der Waals surface area contributed by atoms with Crippen molar-refractivity contribution < 1.29 is 9.90 Å². The first kappa shape index (κ1) is 27.6. The molecule has 1 saturated heterocycles. The minimum atomic E-state index is -1.48. The van der Waals surface area contributed by atoms with Crippen LogP contribution in [0.3, 0.4) is 0 Å². The van der Waals surface area contributed by atoms with Gasteiger partial charge >= 0.3 is 0 Å². The summed E-state index contributed by atoms with van der Waals surface area (Å²) in [5, 5.41) is 13.6. The van der Waals surface area contributed by atoms with Crippen molar-refractivity contribution in [1.29, 1.82) is 0 Å². The molecule has 1 aliphatic heterocycles. The maximum atomic E-state index is 13.2. The molecule has 3 aromatic carbocycles. The highest BCUT2D eigenvalue weighted by atomic mass is 16.3. The average molecular weight is 539 g/mol. The Morgan fingerprint density at radius 2 is 1.45 bits per heavy atom. The molecule has 0 bridgehead atoms. The van der Waals surface area contributed by atoms with Gasteiger partial charge in [0, 0.05) is 56.2 Å². The summed E-state index contributed by atoms with van der Waals surface area (Å²) in [7, 11) is 1.79. The van der Waals surface area contributed by atoms with E-state index in [9.17, 15) is 14.7 Å². The molecule has 1 amide bonds. The van der Waals surface area contributed by atoms with Crippen molar-refractivity contribution in [2.24, 2.45) is 7.05 Å². The largest absolute Gasteiger partial charge is 0.381 e. The van der Waals surface area contributed by atoms with Crippen molar-refractivity contribution in [2.45, 2.75) is 39.3 Å². The topological polar surface area (TPSA) is 77.8 Å². The van der Waals surface area contributed by atoms with Crippen LogP contribution in [-0.4, -0.2) is 58.3 Å². The summed E-state index contributed by atoms with van der Waals surface area (Å²) in [6.07, 6.45) is 0. The summed E-state index contributed by atoms with van der Waals surface area (Å²) in [6.45, 7) is 11.6. The van der Waals surface area contributed by atoms with Gasteiger partial charge in [-0.15, -0.1) is 0 Å². The van der Waals surface area contributed by atoms with Crippen molar-refractivity contribution >= 4 is 28.2 Å². The smallest absolute Gasteiger partial charge is 0.258 e. The Bertz CT molecular complexity index is 1570. The molecular formula is C33H38N4O3. The predicted octanol–water partition coefficient (Wildman–Crippen LogP) is 5.11. The summed E-state index contributed by atoms with van der Waals surface area (Å²) in [5.74, 6) is -0.490. The summed E-state index contributed by atoms with van der Waals surface area (Å²) >= 11 is 0. The van der Waals surface area contributed by atoms with Crippen LogP contribution in [0, 0.1) is 0 Å². The molecule has 1 aromatic heterocycles. The van der Waals surface area contributed by atoms with Gasteiger partial charge in [-0.2, -0.15) is 0 Å². The summed E-state index contributed by atoms with van der Waals surface area (Å²) < 4.78 is 1.68. The van der Waals surface area contributed by atoms with Gasteiger partial charge in [0.2, 0.25) is 0 Å². The molecular weight excluding hydrogens is 500 g/mol. The van der Waals surface area contributed by atoms with Crippen LogP contribution in [0.25, 0.3) is 33.2 Å². The Labute approximate surface area is 235 Å². The van der Waals surface area contributed by atoms with Gasteiger partial charge in [-0.3, -0.25) is 14.5 Å². The summed E-state index contributed by atoms with van der Waals surface area (Å²) in [6, 6.07) is 24.6. The minimum Gasteiger partial charge on any atom is -0.381 e. The van der Waals surface area contributed by atoms with Crippen LogP contribution in [-0.2, 0) is 11.8 Å². The quantitative estimate of drug-likeness (QED) is 0.357. The molecule has 2 heterocycles. The molecule has 0 unspecified atom stereocenters. The van der Waals surface area contributed by atoms with Gasteiger partial charge in [0.05, 0.1) is 5.52 Å². The van der Waals surface area contributed by atoms with Crippen molar-refractivity contribution in [3.63, 3.8) is 0 Å². The number of aliphatic hydroxyl groups is 1. The third-order valence-electron chi connectivity index (χ3n) is 7.84. The fraction of sp³-hybridized carbons (Fsp3) is 0.333. The fourth-order valence-electron chi connectivity index (χ4n) is 5.25. The van der Waals surface area contributed by atoms with Crippen LogP contribution in [0.2, 0.25) is 0 Å². The van der Waals surface area contributed by atoms with E-state index in [1.54, 1.807) is 23.7 Å². The van der Waals surface area contributed by atoms with E-state index < -0.39 is 11.5 Å². The van der Waals surface area contributed by atoms with Crippen molar-refractivity contribution in [3.8, 4) is 22.3 Å². The van der Waals surface area contributed by atoms with Crippen LogP contribution in [0.4, 0.5) is 11.4 Å². The van der Waals surface area contributed by atoms with E-state index in [-0.39, 0.29) is 5.56 Å². The predicted molar refractivity (Wildman–Crippen MR) is 164 cm³/mol. The highest BCUT2D eigenvalue weighted by Crippen LogP contribution is 2.29. The van der Waals surface area contributed by atoms with Crippen LogP contribution >= 0.6 is 0 Å². The molecule has 40 heavy (non-hydrogen) atoms. The van der Waals surface area contributed by atoms with Gasteiger partial charge in [0.15, 0.2) is 0 Å². The van der Waals surface area contributed by atoms with E-state index in [0.29, 0.717) is 17.3 Å². The number of anilines is 2. The second-order valence-electron chi connectivity index (χ2n) is 11.4. The van der Waals surface area contributed by atoms with E-state index >= 15 is 0 Å². The number of aryl methyl sites for hydroxylation is 1. The first-order chi connectivity index (χ1) is 19.0. The first-order valence-corrected chi connectivity index (χ1v) is 13.9. The highest BCUT2D eigenvalue weighted by molar-refractivity contribution is 5.96. The number of piperazine rings is 1. The molecule has 4 aromatic rings. The molecule has 7 nitrogen and oxygen atoms in total. The summed E-state index contributed by atoms with van der Waals surface area (Å²) in [5.41, 5.74) is 4.68. The van der Waals surface area contributed by atoms with Crippen molar-refractivity contribution in [2.75, 3.05) is 36.4 Å². The molecule has 5 rings (SSSR count). The van der Waals surface area contributed by atoms with Crippen LogP contribution in [0.1, 0.15) is 27.7 Å². The number of carbonyl (C=O) groups is 1. The molecule has 0 atom stereocenters. The van der Waals surface area contributed by atoms with E-state index in [1.807, 2.05) is 24.3 Å². The van der Waals surface area contributed by atoms with E-state index in [0.717, 1.165) is 53.8 Å². The Morgan fingerprint density at radius 3 is 2.05 bits per heavy atom. The molecule has 0 radical (unpaired) electrons. The molecule has 208 valence electrons. The standard InChI is InChI=1S/C33H38N4O3/c1-22(2)36-16-18-37(19-17-36)28-13-8-23(9-14-28)25-10-15-30-26(20-25)21-29(31(38)35(30)5)24-6-11-27(12-7-24)34-32(39)33(3,4)40/h6-15,20-22,40H,16-19H2,1-5H3,(H,34,39). The average Bonchev–Trinajstić information content (AvgIpc) is 2.95. The van der Waals surface area contributed by atoms with Gasteiger partial charge in [-0.1, -0.05) is 30.3 Å². The molecule has 2 N–H and O–H groups in total. The number of nitrogens with zero attached hydrogens (tertiary/aromatic N) is 3. The van der Waals surface area contributed by atoms with Crippen LogP contribution in [0.5, 0.6) is 0 Å². The Balaban J connectivity index is 1.40. The Hall–Kier alpha value is -3.94. The number of carbonyl (C=O) groups excluding carboxylic acids is 1. The maximum Gasteiger partial charge on any atom is 0.258 e. The SMILES string of the molecule is CC(C)N1CCN(c2ccc(-c3ccc4c(c3)cc(-c3ccc(NC(=O)C(C)(C)O)cc3)c(=O)n4C)cc2)CC1. The number of rotatable bonds is 6. The van der Waals surface area contributed by atoms with Crippen molar-refractivity contribution in [1.82, 2.24) is 9.47 Å². The van der Waals surface area contributed by atoms with Gasteiger partial charge < -0.3 is 19.9 Å². The third kappa shape index (κ3) is 5.67. The number of aromatic nitrogens is 1. The monoisotopic (exact) mass is 538 g/mol. The number of benzene rings is 3. The minimum absolute atomic E-state index is 0.0876. The molecule has 0 aliphatic carbocycles. The number of pyridine rings is 1. The second-order valence-corrected chi connectivity index (χ2v) is 11.4. The van der Waals surface area contributed by atoms with E-state index in [1.165, 1.54) is 19.5 Å². The van der Waals surface area contributed by atoms with E-state index in [4.69, 9.17) is 0 Å². The molecule has 7 heteroatoms. The molecule has 1 aliphatic rings. The number of amides is 1. The lowest BCUT2D eigenvalue weighted by Gasteiger charge is -2.38. The maximum absolute atomic E-state index is 13.2. The number of hydrogen-bond acceptors (Lipinski definition) is 5. The Morgan fingerprint density at radius 1 is 0.850 bits per heavy atom. The second kappa shape index (κ2) is 10.9. The number of fused-ring (bicyclic) bond motifs is 1. The van der Waals surface area contributed by atoms with Crippen LogP contribution in [0.15, 0.2) is 77.6 Å². The Kier molecular flexibility index (Phi) is 7.53. The van der Waals surface area contributed by atoms with Gasteiger partial charge in [-0.25, -0.2) is 0 Å². The third-order valence-corrected chi connectivity index (χ3v) is 7.84. The van der Waals surface area contributed by atoms with Gasteiger partial charge in [0.25, 0.3) is 11.5 Å². The lowest BCUT2D eigenvalue weighted by molar-refractivity contribution is -0.130. The first-order valence-electron chi connectivity index (χ1n) is 13.9.